The van der Waals surface area contributed by atoms with Gasteiger partial charge in [-0.25, -0.2) is 4.79 Å². The fourth-order valence-electron chi connectivity index (χ4n) is 5.27. The molecule has 0 aliphatic heterocycles. The number of benzene rings is 4. The van der Waals surface area contributed by atoms with Crippen molar-refractivity contribution in [2.24, 2.45) is 0 Å². The molecule has 0 saturated heterocycles. The van der Waals surface area contributed by atoms with Crippen LogP contribution in [0.4, 0.5) is 23.7 Å². The van der Waals surface area contributed by atoms with Crippen LogP contribution in [-0.4, -0.2) is 22.3 Å². The lowest BCUT2D eigenvalue weighted by atomic mass is 9.93. The number of aliphatic carboxylic acids is 1. The molecule has 228 valence electrons. The van der Waals surface area contributed by atoms with Crippen molar-refractivity contribution in [3.8, 4) is 33.7 Å². The Labute approximate surface area is 256 Å². The summed E-state index contributed by atoms with van der Waals surface area (Å²) in [7, 11) is 0. The van der Waals surface area contributed by atoms with Gasteiger partial charge in [-0.05, 0) is 54.2 Å². The Balaban J connectivity index is 1.25. The van der Waals surface area contributed by atoms with Gasteiger partial charge in [0, 0.05) is 11.1 Å². The highest BCUT2D eigenvalue weighted by atomic mass is 19.4. The third kappa shape index (κ3) is 6.04. The van der Waals surface area contributed by atoms with E-state index in [1.165, 1.54) is 19.1 Å². The van der Waals surface area contributed by atoms with Gasteiger partial charge in [-0.3, -0.25) is 10.1 Å². The molecule has 1 aliphatic rings. The Bertz CT molecular complexity index is 1850. The zero-order valence-corrected chi connectivity index (χ0v) is 24.0. The van der Waals surface area contributed by atoms with Crippen LogP contribution in [0, 0.1) is 0 Å². The van der Waals surface area contributed by atoms with E-state index in [4.69, 9.17) is 9.26 Å². The molecular formula is C35H27F3N2O5. The minimum Gasteiger partial charge on any atom is -0.481 e. The summed E-state index contributed by atoms with van der Waals surface area (Å²) in [6.07, 6.45) is -5.14. The lowest BCUT2D eigenvalue weighted by Gasteiger charge is -2.16. The van der Waals surface area contributed by atoms with Crippen molar-refractivity contribution < 1.29 is 37.1 Å². The third-order valence-corrected chi connectivity index (χ3v) is 8.01. The van der Waals surface area contributed by atoms with Crippen LogP contribution in [0.2, 0.25) is 0 Å². The number of nitrogens with one attached hydrogen (secondary N) is 1. The summed E-state index contributed by atoms with van der Waals surface area (Å²) in [6, 6.07) is 28.5. The van der Waals surface area contributed by atoms with Gasteiger partial charge < -0.3 is 14.4 Å². The molecule has 1 aromatic heterocycles. The predicted molar refractivity (Wildman–Crippen MR) is 161 cm³/mol. The van der Waals surface area contributed by atoms with E-state index in [0.29, 0.717) is 29.7 Å². The van der Waals surface area contributed by atoms with Gasteiger partial charge in [0.15, 0.2) is 5.76 Å². The van der Waals surface area contributed by atoms with Gasteiger partial charge in [0.25, 0.3) is 0 Å². The predicted octanol–water partition coefficient (Wildman–Crippen LogP) is 9.12. The van der Waals surface area contributed by atoms with Gasteiger partial charge in [-0.1, -0.05) is 96.2 Å². The third-order valence-electron chi connectivity index (χ3n) is 8.01. The van der Waals surface area contributed by atoms with E-state index in [2.05, 4.69) is 10.5 Å². The maximum Gasteiger partial charge on any atom is 0.416 e. The molecule has 5 aromatic rings. The Hall–Kier alpha value is -5.38. The zero-order chi connectivity index (χ0) is 31.8. The number of anilines is 1. The second-order valence-electron chi connectivity index (χ2n) is 10.9. The number of halogens is 3. The van der Waals surface area contributed by atoms with Gasteiger partial charge >= 0.3 is 18.2 Å². The Kier molecular flexibility index (Phi) is 7.66. The number of hydrogen-bond donors (Lipinski definition) is 2. The van der Waals surface area contributed by atoms with Gasteiger partial charge in [0.1, 0.15) is 17.5 Å². The minimum absolute atomic E-state index is 0.188. The molecule has 45 heavy (non-hydrogen) atoms. The lowest BCUT2D eigenvalue weighted by molar-refractivity contribution is -0.140. The van der Waals surface area contributed by atoms with Crippen molar-refractivity contribution in [1.29, 1.82) is 0 Å². The Morgan fingerprint density at radius 3 is 2.09 bits per heavy atom. The molecule has 2 N–H and O–H groups in total. The van der Waals surface area contributed by atoms with Crippen LogP contribution < -0.4 is 5.32 Å². The van der Waals surface area contributed by atoms with Gasteiger partial charge in [0.2, 0.25) is 0 Å². The maximum absolute atomic E-state index is 13.2. The minimum atomic E-state index is -4.53. The fraction of sp³-hybridized carbons (Fsp3) is 0.171. The normalized spacial score (nSPS) is 14.4. The smallest absolute Gasteiger partial charge is 0.416 e. The van der Waals surface area contributed by atoms with Gasteiger partial charge in [-0.15, -0.1) is 0 Å². The topological polar surface area (TPSA) is 102 Å². The Morgan fingerprint density at radius 2 is 1.49 bits per heavy atom. The number of carbonyl (C=O) groups excluding carboxylic acids is 1. The van der Waals surface area contributed by atoms with Gasteiger partial charge in [-0.2, -0.15) is 13.2 Å². The van der Waals surface area contributed by atoms with E-state index < -0.39 is 35.3 Å². The number of carboxylic acids is 1. The molecule has 0 spiro atoms. The SMILES string of the molecule is CC(OC(=O)Nc1c(-c2ccccc2)noc1-c1ccc(-c2ccc(C3(C(=O)O)CC3)cc2)cc1)c1cccc(C(F)(F)F)c1. The molecular weight excluding hydrogens is 585 g/mol. The summed E-state index contributed by atoms with van der Waals surface area (Å²) in [5, 5.41) is 16.5. The Morgan fingerprint density at radius 1 is 0.867 bits per heavy atom. The molecule has 1 fully saturated rings. The summed E-state index contributed by atoms with van der Waals surface area (Å²) < 4.78 is 50.8. The lowest BCUT2D eigenvalue weighted by Crippen LogP contribution is -2.19. The summed E-state index contributed by atoms with van der Waals surface area (Å²) in [5.74, 6) is -0.545. The van der Waals surface area contributed by atoms with E-state index in [1.807, 2.05) is 54.6 Å². The molecule has 6 rings (SSSR count). The molecule has 0 radical (unpaired) electrons. The molecule has 10 heteroatoms. The quantitative estimate of drug-likeness (QED) is 0.181. The molecule has 1 amide bonds. The molecule has 1 heterocycles. The highest BCUT2D eigenvalue weighted by molar-refractivity contribution is 5.96. The van der Waals surface area contributed by atoms with Crippen LogP contribution in [0.1, 0.15) is 42.6 Å². The van der Waals surface area contributed by atoms with Gasteiger partial charge in [0.05, 0.1) is 11.0 Å². The number of carboxylic acid groups (broad SMARTS) is 1. The number of alkyl halides is 3. The number of aromatic nitrogens is 1. The molecule has 7 nitrogen and oxygen atoms in total. The first-order valence-electron chi connectivity index (χ1n) is 14.2. The number of ether oxygens (including phenoxy) is 1. The van der Waals surface area contributed by atoms with Crippen molar-refractivity contribution >= 4 is 17.7 Å². The number of carbonyl (C=O) groups is 2. The number of nitrogens with zero attached hydrogens (tertiary/aromatic N) is 1. The molecule has 1 aliphatic carbocycles. The van der Waals surface area contributed by atoms with Crippen LogP contribution >= 0.6 is 0 Å². The molecule has 0 bridgehead atoms. The summed E-state index contributed by atoms with van der Waals surface area (Å²) >= 11 is 0. The van der Waals surface area contributed by atoms with Crippen LogP contribution in [0.5, 0.6) is 0 Å². The summed E-state index contributed by atoms with van der Waals surface area (Å²) in [6.45, 7) is 1.49. The van der Waals surface area contributed by atoms with Crippen LogP contribution in [-0.2, 0) is 21.1 Å². The van der Waals surface area contributed by atoms with Crippen molar-refractivity contribution in [1.82, 2.24) is 5.16 Å². The van der Waals surface area contributed by atoms with Crippen LogP contribution in [0.25, 0.3) is 33.7 Å². The van der Waals surface area contributed by atoms with Crippen molar-refractivity contribution in [2.75, 3.05) is 5.32 Å². The van der Waals surface area contributed by atoms with E-state index in [0.717, 1.165) is 28.8 Å². The first-order valence-corrected chi connectivity index (χ1v) is 14.2. The molecule has 1 saturated carbocycles. The summed E-state index contributed by atoms with van der Waals surface area (Å²) in [4.78, 5) is 24.7. The van der Waals surface area contributed by atoms with E-state index >= 15 is 0 Å². The highest BCUT2D eigenvalue weighted by Crippen LogP contribution is 2.48. The molecule has 4 aromatic carbocycles. The first kappa shape index (κ1) is 29.7. The van der Waals surface area contributed by atoms with Crippen LogP contribution in [0.15, 0.2) is 108 Å². The van der Waals surface area contributed by atoms with E-state index in [9.17, 15) is 27.9 Å². The second kappa shape index (κ2) is 11.6. The highest BCUT2D eigenvalue weighted by Gasteiger charge is 2.51. The fourth-order valence-corrected chi connectivity index (χ4v) is 5.27. The average molecular weight is 613 g/mol. The zero-order valence-electron chi connectivity index (χ0n) is 24.0. The number of hydrogen-bond acceptors (Lipinski definition) is 5. The average Bonchev–Trinajstić information content (AvgIpc) is 3.76. The molecule has 1 unspecified atom stereocenters. The monoisotopic (exact) mass is 612 g/mol. The second-order valence-corrected chi connectivity index (χ2v) is 10.9. The van der Waals surface area contributed by atoms with Crippen molar-refractivity contribution in [3.05, 3.63) is 120 Å². The standard InChI is InChI=1S/C35H27F3N2O5/c1-21(26-8-5-9-28(20-26)35(36,37)38)44-33(43)39-30-29(24-6-3-2-4-7-24)40-45-31(30)25-12-10-22(11-13-25)23-14-16-27(17-15-23)34(18-19-34)32(41)42/h2-17,20-21H,18-19H2,1H3,(H,39,43)(H,41,42). The summed E-state index contributed by atoms with van der Waals surface area (Å²) in [5.41, 5.74) is 3.01. The first-order chi connectivity index (χ1) is 21.5. The van der Waals surface area contributed by atoms with Crippen molar-refractivity contribution in [2.45, 2.75) is 37.5 Å². The van der Waals surface area contributed by atoms with E-state index in [1.54, 1.807) is 24.3 Å². The van der Waals surface area contributed by atoms with Crippen LogP contribution in [0.3, 0.4) is 0 Å². The maximum atomic E-state index is 13.2. The largest absolute Gasteiger partial charge is 0.481 e. The number of amides is 1. The van der Waals surface area contributed by atoms with Crippen molar-refractivity contribution in [3.63, 3.8) is 0 Å². The molecule has 1 atom stereocenters. The number of rotatable bonds is 8. The van der Waals surface area contributed by atoms with E-state index in [-0.39, 0.29) is 17.0 Å².